The lowest BCUT2D eigenvalue weighted by atomic mass is 10.1. The number of para-hydroxylation sites is 1. The predicted molar refractivity (Wildman–Crippen MR) is 91.1 cm³/mol. The second kappa shape index (κ2) is 6.52. The van der Waals surface area contributed by atoms with E-state index in [-0.39, 0.29) is 34.0 Å². The Kier molecular flexibility index (Phi) is 4.41. The van der Waals surface area contributed by atoms with Crippen LogP contribution in [0.4, 0.5) is 0 Å². The van der Waals surface area contributed by atoms with E-state index in [4.69, 9.17) is 8.60 Å². The maximum atomic E-state index is 12.4. The van der Waals surface area contributed by atoms with Gasteiger partial charge in [-0.05, 0) is 31.2 Å². The molecule has 3 aromatic rings. The van der Waals surface area contributed by atoms with Gasteiger partial charge in [0.1, 0.15) is 10.7 Å². The van der Waals surface area contributed by atoms with Crippen molar-refractivity contribution >= 4 is 26.9 Å². The highest BCUT2D eigenvalue weighted by atomic mass is 32.2. The van der Waals surface area contributed by atoms with E-state index < -0.39 is 15.7 Å². The van der Waals surface area contributed by atoms with Crippen LogP contribution in [0.3, 0.4) is 0 Å². The minimum Gasteiger partial charge on any atom is -0.418 e. The zero-order valence-electron chi connectivity index (χ0n) is 13.3. The molecule has 0 spiro atoms. The molecule has 0 amide bonds. The molecule has 0 saturated carbocycles. The molecule has 0 radical (unpaired) electrons. The second-order valence-corrected chi connectivity index (χ2v) is 7.01. The van der Waals surface area contributed by atoms with Gasteiger partial charge in [0.2, 0.25) is 0 Å². The highest BCUT2D eigenvalue weighted by Gasteiger charge is 2.19. The van der Waals surface area contributed by atoms with Crippen LogP contribution < -0.4 is 9.81 Å². The lowest BCUT2D eigenvalue weighted by Gasteiger charge is -2.09. The topological polar surface area (TPSA) is 90.7 Å². The molecule has 0 unspecified atom stereocenters. The fourth-order valence-corrected chi connectivity index (χ4v) is 3.33. The fraction of sp³-hybridized carbons (Fsp3) is 0.111. The molecule has 0 bridgehead atoms. The molecule has 0 aliphatic carbocycles. The number of hydrogen-bond donors (Lipinski definition) is 0. The molecule has 2 aromatic carbocycles. The molecule has 0 atom stereocenters. The normalized spacial score (nSPS) is 11.4. The van der Waals surface area contributed by atoms with E-state index in [0.29, 0.717) is 5.39 Å². The molecule has 1 aromatic heterocycles. The summed E-state index contributed by atoms with van der Waals surface area (Å²) in [5.41, 5.74) is -0.474. The first-order valence-electron chi connectivity index (χ1n) is 7.41. The maximum Gasteiger partial charge on any atom is 0.340 e. The predicted octanol–water partition coefficient (Wildman–Crippen LogP) is 2.69. The Labute approximate surface area is 143 Å². The van der Waals surface area contributed by atoms with Crippen LogP contribution in [0.5, 0.6) is 5.75 Å². The van der Waals surface area contributed by atoms with Gasteiger partial charge in [-0.25, -0.2) is 4.79 Å². The molecule has 7 heteroatoms. The summed E-state index contributed by atoms with van der Waals surface area (Å²) in [4.78, 5) is 23.2. The first-order valence-corrected chi connectivity index (χ1v) is 8.82. The largest absolute Gasteiger partial charge is 0.418 e. The van der Waals surface area contributed by atoms with E-state index >= 15 is 0 Å². The van der Waals surface area contributed by atoms with E-state index in [1.807, 2.05) is 0 Å². The highest BCUT2D eigenvalue weighted by molar-refractivity contribution is 7.87. The third-order valence-corrected chi connectivity index (χ3v) is 4.72. The van der Waals surface area contributed by atoms with Gasteiger partial charge < -0.3 is 8.60 Å². The van der Waals surface area contributed by atoms with Crippen LogP contribution in [-0.4, -0.2) is 14.2 Å². The second-order valence-electron chi connectivity index (χ2n) is 5.46. The van der Waals surface area contributed by atoms with Crippen molar-refractivity contribution in [1.82, 2.24) is 0 Å². The van der Waals surface area contributed by atoms with Crippen LogP contribution in [0.2, 0.25) is 0 Å². The number of rotatable bonds is 5. The lowest BCUT2D eigenvalue weighted by molar-refractivity contribution is -0.116. The van der Waals surface area contributed by atoms with Crippen LogP contribution in [0.15, 0.2) is 68.7 Å². The Balaban J connectivity index is 2.07. The first-order chi connectivity index (χ1) is 11.9. The van der Waals surface area contributed by atoms with Crippen LogP contribution in [-0.2, 0) is 21.3 Å². The minimum atomic E-state index is -4.06. The number of carbonyl (C=O) groups excluding carboxylic acids is 1. The number of carbonyl (C=O) groups is 1. The van der Waals surface area contributed by atoms with Gasteiger partial charge >= 0.3 is 15.7 Å². The highest BCUT2D eigenvalue weighted by Crippen LogP contribution is 2.28. The number of benzene rings is 2. The van der Waals surface area contributed by atoms with Crippen molar-refractivity contribution in [3.05, 3.63) is 70.6 Å². The van der Waals surface area contributed by atoms with Gasteiger partial charge in [-0.15, -0.1) is 0 Å². The number of ketones is 1. The van der Waals surface area contributed by atoms with E-state index in [0.717, 1.165) is 0 Å². The van der Waals surface area contributed by atoms with E-state index in [1.165, 1.54) is 31.2 Å². The summed E-state index contributed by atoms with van der Waals surface area (Å²) in [5, 5.41) is 0.469. The fourth-order valence-electron chi connectivity index (χ4n) is 2.37. The molecule has 0 N–H and O–H groups in total. The van der Waals surface area contributed by atoms with Crippen molar-refractivity contribution < 1.29 is 21.8 Å². The van der Waals surface area contributed by atoms with Gasteiger partial charge in [0, 0.05) is 17.4 Å². The van der Waals surface area contributed by atoms with Crippen molar-refractivity contribution in [2.75, 3.05) is 0 Å². The van der Waals surface area contributed by atoms with Crippen LogP contribution >= 0.6 is 0 Å². The van der Waals surface area contributed by atoms with Crippen LogP contribution in [0.25, 0.3) is 11.0 Å². The van der Waals surface area contributed by atoms with Crippen LogP contribution in [0.1, 0.15) is 12.5 Å². The Morgan fingerprint density at radius 2 is 1.80 bits per heavy atom. The SMILES string of the molecule is CC(=O)Cc1cc2cccc(OS(=O)(=O)c3ccccc3)c2oc1=O. The van der Waals surface area contributed by atoms with Crippen molar-refractivity contribution in [3.63, 3.8) is 0 Å². The van der Waals surface area contributed by atoms with Gasteiger partial charge in [0.05, 0.1) is 0 Å². The summed E-state index contributed by atoms with van der Waals surface area (Å²) >= 11 is 0. The molecule has 0 aliphatic rings. The molecule has 1 heterocycles. The zero-order chi connectivity index (χ0) is 18.0. The van der Waals surface area contributed by atoms with Gasteiger partial charge in [0.25, 0.3) is 0 Å². The molecule has 0 fully saturated rings. The standard InChI is InChI=1S/C18H14O6S/c1-12(19)10-14-11-13-6-5-9-16(17(13)23-18(14)20)24-25(21,22)15-7-3-2-4-8-15/h2-9,11H,10H2,1H3. The molecule has 25 heavy (non-hydrogen) atoms. The molecule has 3 rings (SSSR count). The van der Waals surface area contributed by atoms with Crippen molar-refractivity contribution in [2.45, 2.75) is 18.2 Å². The van der Waals surface area contributed by atoms with E-state index in [2.05, 4.69) is 0 Å². The summed E-state index contributed by atoms with van der Waals surface area (Å²) < 4.78 is 35.1. The smallest absolute Gasteiger partial charge is 0.340 e. The monoisotopic (exact) mass is 358 g/mol. The Hall–Kier alpha value is -2.93. The zero-order valence-corrected chi connectivity index (χ0v) is 14.1. The number of hydrogen-bond acceptors (Lipinski definition) is 6. The molecular formula is C18H14O6S. The van der Waals surface area contributed by atoms with Gasteiger partial charge in [0.15, 0.2) is 11.3 Å². The summed E-state index contributed by atoms with van der Waals surface area (Å²) in [7, 11) is -4.06. The van der Waals surface area contributed by atoms with Gasteiger partial charge in [-0.2, -0.15) is 8.42 Å². The minimum absolute atomic E-state index is 0.0115. The Bertz CT molecular complexity index is 1100. The Morgan fingerprint density at radius 1 is 1.08 bits per heavy atom. The van der Waals surface area contributed by atoms with Gasteiger partial charge in [-0.3, -0.25) is 4.79 Å². The molecular weight excluding hydrogens is 344 g/mol. The average molecular weight is 358 g/mol. The molecule has 0 aliphatic heterocycles. The van der Waals surface area contributed by atoms with E-state index in [9.17, 15) is 18.0 Å². The summed E-state index contributed by atoms with van der Waals surface area (Å²) in [6.45, 7) is 1.37. The average Bonchev–Trinajstić information content (AvgIpc) is 2.56. The molecule has 128 valence electrons. The summed E-state index contributed by atoms with van der Waals surface area (Å²) in [6.07, 6.45) is -0.0499. The van der Waals surface area contributed by atoms with E-state index in [1.54, 1.807) is 30.3 Å². The van der Waals surface area contributed by atoms with Crippen molar-refractivity contribution in [3.8, 4) is 5.75 Å². The van der Waals surface area contributed by atoms with Gasteiger partial charge in [-0.1, -0.05) is 30.3 Å². The van der Waals surface area contributed by atoms with Crippen molar-refractivity contribution in [1.29, 1.82) is 0 Å². The molecule has 0 saturated heterocycles. The number of fused-ring (bicyclic) bond motifs is 1. The quantitative estimate of drug-likeness (QED) is 0.514. The maximum absolute atomic E-state index is 12.4. The molecule has 6 nitrogen and oxygen atoms in total. The van der Waals surface area contributed by atoms with Crippen molar-refractivity contribution in [2.24, 2.45) is 0 Å². The third kappa shape index (κ3) is 3.61. The number of Topliss-reactive ketones (excluding diaryl/α,β-unsaturated/α-hetero) is 1. The third-order valence-electron chi connectivity index (χ3n) is 3.47. The summed E-state index contributed by atoms with van der Waals surface area (Å²) in [6, 6.07) is 13.8. The Morgan fingerprint density at radius 3 is 2.48 bits per heavy atom. The summed E-state index contributed by atoms with van der Waals surface area (Å²) in [5.74, 6) is -0.265. The lowest BCUT2D eigenvalue weighted by Crippen LogP contribution is -2.12. The first kappa shape index (κ1) is 16.9. The van der Waals surface area contributed by atoms with Crippen LogP contribution in [0, 0.1) is 0 Å².